The van der Waals surface area contributed by atoms with E-state index in [-0.39, 0.29) is 11.6 Å². The highest BCUT2D eigenvalue weighted by atomic mass is 127. The summed E-state index contributed by atoms with van der Waals surface area (Å²) in [5, 5.41) is 7.05. The number of amides is 1. The Kier molecular flexibility index (Phi) is 4.85. The summed E-state index contributed by atoms with van der Waals surface area (Å²) < 4.78 is 29.5. The molecule has 2 aromatic carbocycles. The molecule has 0 fully saturated rings. The minimum Gasteiger partial charge on any atom is -0.322 e. The lowest BCUT2D eigenvalue weighted by Crippen LogP contribution is -2.14. The molecule has 0 bridgehead atoms. The third-order valence-electron chi connectivity index (χ3n) is 3.76. The Hall–Kier alpha value is -2.29. The Labute approximate surface area is 157 Å². The van der Waals surface area contributed by atoms with E-state index in [4.69, 9.17) is 0 Å². The standard InChI is InChI=1S/C18H14F2IN3O/c1-10-17(18(25)22-14-6-4-13(21)5-7-14)11(2)24(23-10)16-8-3-12(19)9-15(16)20/h3-9H,1-2H3,(H,22,25). The van der Waals surface area contributed by atoms with Gasteiger partial charge in [-0.3, -0.25) is 4.79 Å². The first-order chi connectivity index (χ1) is 11.9. The van der Waals surface area contributed by atoms with E-state index in [0.717, 1.165) is 15.7 Å². The van der Waals surface area contributed by atoms with Gasteiger partial charge in [-0.15, -0.1) is 0 Å². The van der Waals surface area contributed by atoms with Crippen molar-refractivity contribution in [1.29, 1.82) is 0 Å². The van der Waals surface area contributed by atoms with Crippen molar-refractivity contribution in [2.75, 3.05) is 5.32 Å². The number of nitrogens with one attached hydrogen (secondary N) is 1. The van der Waals surface area contributed by atoms with Crippen molar-refractivity contribution in [3.05, 3.63) is 74.6 Å². The van der Waals surface area contributed by atoms with Gasteiger partial charge in [-0.1, -0.05) is 0 Å². The molecule has 0 unspecified atom stereocenters. The van der Waals surface area contributed by atoms with Gasteiger partial charge in [0.25, 0.3) is 5.91 Å². The van der Waals surface area contributed by atoms with Crippen LogP contribution in [0.1, 0.15) is 21.7 Å². The van der Waals surface area contributed by atoms with Crippen LogP contribution in [0.4, 0.5) is 14.5 Å². The molecule has 128 valence electrons. The molecule has 0 spiro atoms. The highest BCUT2D eigenvalue weighted by Gasteiger charge is 2.21. The molecular weight excluding hydrogens is 439 g/mol. The second-order valence-electron chi connectivity index (χ2n) is 5.51. The first-order valence-electron chi connectivity index (χ1n) is 7.45. The molecule has 3 aromatic rings. The van der Waals surface area contributed by atoms with Gasteiger partial charge in [0.15, 0.2) is 5.82 Å². The van der Waals surface area contributed by atoms with E-state index >= 15 is 0 Å². The maximum atomic E-state index is 14.0. The van der Waals surface area contributed by atoms with Gasteiger partial charge >= 0.3 is 0 Å². The average molecular weight is 453 g/mol. The van der Waals surface area contributed by atoms with E-state index < -0.39 is 11.6 Å². The maximum absolute atomic E-state index is 14.0. The molecule has 1 aromatic heterocycles. The number of carbonyl (C=O) groups is 1. The maximum Gasteiger partial charge on any atom is 0.259 e. The van der Waals surface area contributed by atoms with Gasteiger partial charge in [0, 0.05) is 15.3 Å². The summed E-state index contributed by atoms with van der Waals surface area (Å²) in [7, 11) is 0. The third-order valence-corrected chi connectivity index (χ3v) is 4.48. The molecule has 1 amide bonds. The normalized spacial score (nSPS) is 10.8. The number of anilines is 1. The van der Waals surface area contributed by atoms with Crippen LogP contribution in [-0.4, -0.2) is 15.7 Å². The largest absolute Gasteiger partial charge is 0.322 e. The zero-order valence-corrected chi connectivity index (χ0v) is 15.6. The van der Waals surface area contributed by atoms with Crippen LogP contribution in [-0.2, 0) is 0 Å². The Morgan fingerprint density at radius 2 is 1.80 bits per heavy atom. The monoisotopic (exact) mass is 453 g/mol. The van der Waals surface area contributed by atoms with E-state index in [1.54, 1.807) is 26.0 Å². The van der Waals surface area contributed by atoms with Crippen molar-refractivity contribution in [3.8, 4) is 5.69 Å². The second-order valence-corrected chi connectivity index (χ2v) is 6.76. The number of rotatable bonds is 3. The molecule has 3 rings (SSSR count). The molecule has 0 aliphatic rings. The van der Waals surface area contributed by atoms with Crippen LogP contribution in [0.3, 0.4) is 0 Å². The molecule has 0 aliphatic heterocycles. The highest BCUT2D eigenvalue weighted by Crippen LogP contribution is 2.22. The van der Waals surface area contributed by atoms with E-state index in [2.05, 4.69) is 33.0 Å². The number of carbonyl (C=O) groups excluding carboxylic acids is 1. The van der Waals surface area contributed by atoms with Gasteiger partial charge in [-0.2, -0.15) is 5.10 Å². The average Bonchev–Trinajstić information content (AvgIpc) is 2.84. The fraction of sp³-hybridized carbons (Fsp3) is 0.111. The van der Waals surface area contributed by atoms with Crippen LogP contribution in [0.5, 0.6) is 0 Å². The predicted molar refractivity (Wildman–Crippen MR) is 100 cm³/mol. The summed E-state index contributed by atoms with van der Waals surface area (Å²) in [5.74, 6) is -1.74. The lowest BCUT2D eigenvalue weighted by Gasteiger charge is -2.08. The molecule has 0 atom stereocenters. The quantitative estimate of drug-likeness (QED) is 0.589. The number of hydrogen-bond acceptors (Lipinski definition) is 2. The van der Waals surface area contributed by atoms with Gasteiger partial charge in [-0.05, 0) is 72.8 Å². The SMILES string of the molecule is Cc1nn(-c2ccc(F)cc2F)c(C)c1C(=O)Nc1ccc(I)cc1. The van der Waals surface area contributed by atoms with Gasteiger partial charge in [-0.25, -0.2) is 13.5 Å². The molecule has 0 saturated carbocycles. The number of hydrogen-bond donors (Lipinski definition) is 1. The molecular formula is C18H14F2IN3O. The molecule has 1 N–H and O–H groups in total. The Morgan fingerprint density at radius 3 is 2.44 bits per heavy atom. The van der Waals surface area contributed by atoms with Crippen molar-refractivity contribution in [1.82, 2.24) is 9.78 Å². The summed E-state index contributed by atoms with van der Waals surface area (Å²) >= 11 is 2.18. The highest BCUT2D eigenvalue weighted by molar-refractivity contribution is 14.1. The minimum atomic E-state index is -0.741. The zero-order valence-electron chi connectivity index (χ0n) is 13.5. The molecule has 7 heteroatoms. The summed E-state index contributed by atoms with van der Waals surface area (Å²) in [6, 6.07) is 10.6. The molecule has 25 heavy (non-hydrogen) atoms. The summed E-state index contributed by atoms with van der Waals surface area (Å²) in [4.78, 5) is 12.6. The van der Waals surface area contributed by atoms with E-state index in [1.807, 2.05) is 12.1 Å². The summed E-state index contributed by atoms with van der Waals surface area (Å²) in [6.07, 6.45) is 0. The van der Waals surface area contributed by atoms with Crippen LogP contribution < -0.4 is 5.32 Å². The molecule has 0 saturated heterocycles. The van der Waals surface area contributed by atoms with Gasteiger partial charge in [0.2, 0.25) is 0 Å². The number of aromatic nitrogens is 2. The van der Waals surface area contributed by atoms with Crippen LogP contribution in [0, 0.1) is 29.1 Å². The smallest absolute Gasteiger partial charge is 0.259 e. The van der Waals surface area contributed by atoms with E-state index in [9.17, 15) is 13.6 Å². The Morgan fingerprint density at radius 1 is 1.12 bits per heavy atom. The van der Waals surface area contributed by atoms with Crippen LogP contribution >= 0.6 is 22.6 Å². The number of halogens is 3. The topological polar surface area (TPSA) is 46.9 Å². The fourth-order valence-corrected chi connectivity index (χ4v) is 2.95. The van der Waals surface area contributed by atoms with Crippen LogP contribution in [0.2, 0.25) is 0 Å². The number of benzene rings is 2. The molecule has 0 aliphatic carbocycles. The Balaban J connectivity index is 1.96. The first kappa shape index (κ1) is 17.5. The number of aryl methyl sites for hydroxylation is 1. The Bertz CT molecular complexity index is 952. The predicted octanol–water partition coefficient (Wildman–Crippen LogP) is 4.62. The van der Waals surface area contributed by atoms with Crippen molar-refractivity contribution >= 4 is 34.2 Å². The van der Waals surface area contributed by atoms with Crippen LogP contribution in [0.25, 0.3) is 5.69 Å². The van der Waals surface area contributed by atoms with Crippen molar-refractivity contribution in [3.63, 3.8) is 0 Å². The summed E-state index contributed by atoms with van der Waals surface area (Å²) in [6.45, 7) is 3.35. The third kappa shape index (κ3) is 3.55. The van der Waals surface area contributed by atoms with Crippen molar-refractivity contribution in [2.24, 2.45) is 0 Å². The zero-order chi connectivity index (χ0) is 18.1. The van der Waals surface area contributed by atoms with Gasteiger partial charge in [0.1, 0.15) is 11.5 Å². The minimum absolute atomic E-state index is 0.0929. The van der Waals surface area contributed by atoms with Crippen molar-refractivity contribution < 1.29 is 13.6 Å². The lowest BCUT2D eigenvalue weighted by molar-refractivity contribution is 0.102. The van der Waals surface area contributed by atoms with E-state index in [0.29, 0.717) is 22.6 Å². The first-order valence-corrected chi connectivity index (χ1v) is 8.53. The fourth-order valence-electron chi connectivity index (χ4n) is 2.59. The second kappa shape index (κ2) is 6.91. The number of nitrogens with zero attached hydrogens (tertiary/aromatic N) is 2. The van der Waals surface area contributed by atoms with Gasteiger partial charge < -0.3 is 5.32 Å². The van der Waals surface area contributed by atoms with Crippen LogP contribution in [0.15, 0.2) is 42.5 Å². The van der Waals surface area contributed by atoms with Gasteiger partial charge in [0.05, 0.1) is 17.0 Å². The molecule has 1 heterocycles. The lowest BCUT2D eigenvalue weighted by atomic mass is 10.1. The molecule has 4 nitrogen and oxygen atoms in total. The van der Waals surface area contributed by atoms with Crippen molar-refractivity contribution in [2.45, 2.75) is 13.8 Å². The van der Waals surface area contributed by atoms with E-state index in [1.165, 1.54) is 10.7 Å². The molecule has 0 radical (unpaired) electrons. The summed E-state index contributed by atoms with van der Waals surface area (Å²) in [5.41, 5.74) is 2.05.